The molecule has 0 unspecified atom stereocenters. The number of ether oxygens (including phenoxy) is 2. The van der Waals surface area contributed by atoms with Crippen molar-refractivity contribution in [2.75, 3.05) is 12.4 Å². The van der Waals surface area contributed by atoms with E-state index < -0.39 is 6.04 Å². The van der Waals surface area contributed by atoms with E-state index in [1.807, 2.05) is 6.92 Å². The summed E-state index contributed by atoms with van der Waals surface area (Å²) in [7, 11) is 1.51. The van der Waals surface area contributed by atoms with Gasteiger partial charge in [0.05, 0.1) is 12.8 Å². The maximum atomic E-state index is 13.2. The number of hydrogen-bond donors (Lipinski definition) is 2. The van der Waals surface area contributed by atoms with Crippen LogP contribution in [-0.4, -0.2) is 25.0 Å². The number of hydrogen-bond acceptors (Lipinski definition) is 4. The molecule has 0 aromatic heterocycles. The lowest BCUT2D eigenvalue weighted by atomic mass is 10.0. The number of benzene rings is 2. The molecule has 27 heavy (non-hydrogen) atoms. The highest BCUT2D eigenvalue weighted by Gasteiger charge is 2.34. The van der Waals surface area contributed by atoms with Gasteiger partial charge < -0.3 is 20.1 Å². The Labute approximate surface area is 156 Å². The van der Waals surface area contributed by atoms with Gasteiger partial charge >= 0.3 is 0 Å². The number of halogens is 1. The minimum Gasteiger partial charge on any atom is -0.495 e. The van der Waals surface area contributed by atoms with Crippen LogP contribution in [-0.2, 0) is 16.2 Å². The summed E-state index contributed by atoms with van der Waals surface area (Å²) in [5.74, 6) is 0.0290. The molecule has 2 amide bonds. The van der Waals surface area contributed by atoms with Crippen molar-refractivity contribution in [2.24, 2.45) is 5.92 Å². The molecule has 0 bridgehead atoms. The van der Waals surface area contributed by atoms with E-state index in [4.69, 9.17) is 9.47 Å². The summed E-state index contributed by atoms with van der Waals surface area (Å²) in [5, 5.41) is 5.48. The Morgan fingerprint density at radius 1 is 1.30 bits per heavy atom. The van der Waals surface area contributed by atoms with Crippen LogP contribution >= 0.6 is 0 Å². The summed E-state index contributed by atoms with van der Waals surface area (Å²) >= 11 is 0. The molecule has 1 aliphatic rings. The predicted octanol–water partition coefficient (Wildman–Crippen LogP) is 2.88. The van der Waals surface area contributed by atoms with Crippen molar-refractivity contribution in [1.29, 1.82) is 0 Å². The van der Waals surface area contributed by atoms with Gasteiger partial charge in [0.15, 0.2) is 0 Å². The van der Waals surface area contributed by atoms with Gasteiger partial charge in [0.25, 0.3) is 0 Å². The molecule has 3 rings (SSSR count). The van der Waals surface area contributed by atoms with E-state index in [1.54, 1.807) is 30.3 Å². The quantitative estimate of drug-likeness (QED) is 0.818. The lowest BCUT2D eigenvalue weighted by Crippen LogP contribution is -2.40. The number of nitrogens with one attached hydrogen (secondary N) is 2. The topological polar surface area (TPSA) is 76.7 Å². The minimum absolute atomic E-state index is 0.0806. The molecule has 6 nitrogen and oxygen atoms in total. The third-order valence-corrected chi connectivity index (χ3v) is 4.40. The van der Waals surface area contributed by atoms with Crippen molar-refractivity contribution in [1.82, 2.24) is 5.32 Å². The molecule has 1 heterocycles. The zero-order valence-corrected chi connectivity index (χ0v) is 15.1. The molecule has 142 valence electrons. The van der Waals surface area contributed by atoms with E-state index in [1.165, 1.54) is 19.2 Å². The number of rotatable bonds is 6. The molecule has 1 aliphatic heterocycles. The van der Waals surface area contributed by atoms with Crippen molar-refractivity contribution in [3.8, 4) is 11.5 Å². The number of methoxy groups -OCH3 is 1. The first-order valence-electron chi connectivity index (χ1n) is 8.62. The zero-order chi connectivity index (χ0) is 19.4. The van der Waals surface area contributed by atoms with Gasteiger partial charge in [0, 0.05) is 12.5 Å². The number of carbonyl (C=O) groups is 2. The summed E-state index contributed by atoms with van der Waals surface area (Å²) in [6, 6.07) is 10.6. The lowest BCUT2D eigenvalue weighted by molar-refractivity contribution is -0.123. The summed E-state index contributed by atoms with van der Waals surface area (Å²) in [5.41, 5.74) is 1.26. The van der Waals surface area contributed by atoms with E-state index in [0.717, 1.165) is 5.56 Å². The molecule has 2 aromatic carbocycles. The smallest absolute Gasteiger partial charge is 0.247 e. The van der Waals surface area contributed by atoms with E-state index in [0.29, 0.717) is 23.6 Å². The Morgan fingerprint density at radius 2 is 2.11 bits per heavy atom. The third kappa shape index (κ3) is 4.55. The van der Waals surface area contributed by atoms with Gasteiger partial charge in [-0.3, -0.25) is 9.59 Å². The molecule has 2 N–H and O–H groups in total. The Hall–Kier alpha value is -3.09. The fourth-order valence-corrected chi connectivity index (χ4v) is 2.99. The monoisotopic (exact) mass is 372 g/mol. The Morgan fingerprint density at radius 3 is 2.78 bits per heavy atom. The second kappa shape index (κ2) is 8.07. The van der Waals surface area contributed by atoms with Crippen LogP contribution in [0.1, 0.15) is 18.9 Å². The average molecular weight is 372 g/mol. The molecule has 2 atom stereocenters. The normalized spacial score (nSPS) is 18.7. The summed E-state index contributed by atoms with van der Waals surface area (Å²) < 4.78 is 24.1. The van der Waals surface area contributed by atoms with Crippen LogP contribution in [0.4, 0.5) is 10.1 Å². The first kappa shape index (κ1) is 18.7. The Balaban J connectivity index is 1.71. The van der Waals surface area contributed by atoms with Crippen molar-refractivity contribution in [3.63, 3.8) is 0 Å². The van der Waals surface area contributed by atoms with Gasteiger partial charge in [0.2, 0.25) is 11.8 Å². The predicted molar refractivity (Wildman–Crippen MR) is 98.1 cm³/mol. The van der Waals surface area contributed by atoms with Crippen LogP contribution in [0.5, 0.6) is 11.5 Å². The SMILES string of the molecule is COc1ccc(COc2cccc(F)c2)cc1NC(=O)[C@@H]1NC(=O)C[C@H]1C. The van der Waals surface area contributed by atoms with Crippen LogP contribution in [0.2, 0.25) is 0 Å². The van der Waals surface area contributed by atoms with Crippen molar-refractivity contribution >= 4 is 17.5 Å². The van der Waals surface area contributed by atoms with Crippen molar-refractivity contribution in [3.05, 3.63) is 53.8 Å². The molecular weight excluding hydrogens is 351 g/mol. The zero-order valence-electron chi connectivity index (χ0n) is 15.1. The Bertz CT molecular complexity index is 856. The van der Waals surface area contributed by atoms with Crippen LogP contribution < -0.4 is 20.1 Å². The molecule has 0 radical (unpaired) electrons. The van der Waals surface area contributed by atoms with E-state index in [-0.39, 0.29) is 30.2 Å². The largest absolute Gasteiger partial charge is 0.495 e. The van der Waals surface area contributed by atoms with Gasteiger partial charge in [-0.2, -0.15) is 0 Å². The maximum absolute atomic E-state index is 13.2. The van der Waals surface area contributed by atoms with E-state index in [9.17, 15) is 14.0 Å². The van der Waals surface area contributed by atoms with Crippen LogP contribution in [0, 0.1) is 11.7 Å². The van der Waals surface area contributed by atoms with Gasteiger partial charge in [-0.1, -0.05) is 19.1 Å². The average Bonchev–Trinajstić information content (AvgIpc) is 2.98. The summed E-state index contributed by atoms with van der Waals surface area (Å²) in [6.45, 7) is 2.05. The second-order valence-electron chi connectivity index (χ2n) is 6.50. The van der Waals surface area contributed by atoms with Crippen LogP contribution in [0.25, 0.3) is 0 Å². The molecule has 0 spiro atoms. The summed E-state index contributed by atoms with van der Waals surface area (Å²) in [6.07, 6.45) is 0.330. The summed E-state index contributed by atoms with van der Waals surface area (Å²) in [4.78, 5) is 24.0. The van der Waals surface area contributed by atoms with Crippen molar-refractivity contribution < 1.29 is 23.5 Å². The highest BCUT2D eigenvalue weighted by Crippen LogP contribution is 2.27. The fraction of sp³-hybridized carbons (Fsp3) is 0.300. The molecule has 7 heteroatoms. The fourth-order valence-electron chi connectivity index (χ4n) is 2.99. The van der Waals surface area contributed by atoms with Crippen LogP contribution in [0.3, 0.4) is 0 Å². The minimum atomic E-state index is -0.575. The van der Waals surface area contributed by atoms with Gasteiger partial charge in [-0.05, 0) is 35.7 Å². The first-order chi connectivity index (χ1) is 13.0. The molecule has 1 saturated heterocycles. The standard InChI is InChI=1S/C20H21FN2O4/c1-12-8-18(24)23-19(12)20(25)22-16-9-13(6-7-17(16)26-2)11-27-15-5-3-4-14(21)10-15/h3-7,9-10,12,19H,8,11H2,1-2H3,(H,22,25)(H,23,24)/t12-,19-/m1/s1. The maximum Gasteiger partial charge on any atom is 0.247 e. The van der Waals surface area contributed by atoms with Gasteiger partial charge in [-0.25, -0.2) is 4.39 Å². The highest BCUT2D eigenvalue weighted by atomic mass is 19.1. The van der Waals surface area contributed by atoms with Crippen molar-refractivity contribution in [2.45, 2.75) is 26.0 Å². The van der Waals surface area contributed by atoms with Gasteiger partial charge in [0.1, 0.15) is 30.0 Å². The molecule has 0 aliphatic carbocycles. The molecule has 1 fully saturated rings. The molecular formula is C20H21FN2O4. The van der Waals surface area contributed by atoms with Crippen LogP contribution in [0.15, 0.2) is 42.5 Å². The Kier molecular flexibility index (Phi) is 5.59. The van der Waals surface area contributed by atoms with E-state index in [2.05, 4.69) is 10.6 Å². The molecule has 2 aromatic rings. The van der Waals surface area contributed by atoms with Gasteiger partial charge in [-0.15, -0.1) is 0 Å². The number of anilines is 1. The third-order valence-electron chi connectivity index (χ3n) is 4.40. The highest BCUT2D eigenvalue weighted by molar-refractivity contribution is 6.00. The number of carbonyl (C=O) groups excluding carboxylic acids is 2. The lowest BCUT2D eigenvalue weighted by Gasteiger charge is -2.17. The first-order valence-corrected chi connectivity index (χ1v) is 8.62. The molecule has 0 saturated carbocycles. The number of amides is 2. The second-order valence-corrected chi connectivity index (χ2v) is 6.50. The van der Waals surface area contributed by atoms with E-state index >= 15 is 0 Å².